The molecule has 0 spiro atoms. The number of carbonyl (C=O) groups excluding carboxylic acids is 2. The van der Waals surface area contributed by atoms with Crippen LogP contribution in [0.1, 0.15) is 20.8 Å². The average molecular weight is 310 g/mol. The van der Waals surface area contributed by atoms with Crippen molar-refractivity contribution in [2.45, 2.75) is 56.4 Å². The first-order valence-corrected chi connectivity index (χ1v) is 7.64. The molecule has 120 valence electrons. The molecule has 0 aromatic heterocycles. The van der Waals surface area contributed by atoms with Gasteiger partial charge in [0.2, 0.25) is 0 Å². The van der Waals surface area contributed by atoms with E-state index in [0.717, 1.165) is 0 Å². The third-order valence-electron chi connectivity index (χ3n) is 6.69. The molecular formula is C15H18O7. The van der Waals surface area contributed by atoms with E-state index in [1.807, 2.05) is 0 Å². The number of hydrogen-bond acceptors (Lipinski definition) is 7. The van der Waals surface area contributed by atoms with E-state index in [0.29, 0.717) is 0 Å². The van der Waals surface area contributed by atoms with E-state index in [9.17, 15) is 19.8 Å². The van der Waals surface area contributed by atoms with E-state index in [-0.39, 0.29) is 0 Å². The molecule has 9 atom stereocenters. The third-order valence-corrected chi connectivity index (χ3v) is 6.69. The first kappa shape index (κ1) is 13.3. The van der Waals surface area contributed by atoms with Crippen molar-refractivity contribution in [2.75, 3.05) is 0 Å². The molecule has 0 aromatic rings. The summed E-state index contributed by atoms with van der Waals surface area (Å²) in [7, 11) is 0. The number of rotatable bonds is 1. The molecule has 5 aliphatic rings. The number of aliphatic hydroxyl groups is 2. The van der Waals surface area contributed by atoms with Crippen LogP contribution in [0.4, 0.5) is 0 Å². The van der Waals surface area contributed by atoms with Crippen LogP contribution in [-0.4, -0.2) is 57.8 Å². The maximum atomic E-state index is 12.4. The second kappa shape index (κ2) is 3.20. The topological polar surface area (TPSA) is 106 Å². The van der Waals surface area contributed by atoms with Crippen LogP contribution in [0.3, 0.4) is 0 Å². The van der Waals surface area contributed by atoms with Crippen molar-refractivity contribution < 1.29 is 34.0 Å². The molecular weight excluding hydrogens is 292 g/mol. The minimum absolute atomic E-state index is 0.401. The van der Waals surface area contributed by atoms with Gasteiger partial charge in [-0.25, -0.2) is 0 Å². The van der Waals surface area contributed by atoms with Gasteiger partial charge in [-0.1, -0.05) is 6.92 Å². The van der Waals surface area contributed by atoms with Crippen LogP contribution in [0, 0.1) is 23.2 Å². The van der Waals surface area contributed by atoms with Gasteiger partial charge in [-0.05, 0) is 13.8 Å². The Kier molecular flexibility index (Phi) is 1.93. The molecule has 3 heterocycles. The molecule has 7 heteroatoms. The summed E-state index contributed by atoms with van der Waals surface area (Å²) in [6.07, 6.45) is -2.44. The summed E-state index contributed by atoms with van der Waals surface area (Å²) >= 11 is 0. The number of hydrogen-bond donors (Lipinski definition) is 2. The highest BCUT2D eigenvalue weighted by molar-refractivity contribution is 5.85. The van der Waals surface area contributed by atoms with Gasteiger partial charge in [0.25, 0.3) is 0 Å². The Morgan fingerprint density at radius 3 is 2.32 bits per heavy atom. The Balaban J connectivity index is 1.76. The number of ether oxygens (including phenoxy) is 3. The first-order valence-electron chi connectivity index (χ1n) is 7.64. The summed E-state index contributed by atoms with van der Waals surface area (Å²) in [6, 6.07) is 0. The van der Waals surface area contributed by atoms with E-state index >= 15 is 0 Å². The predicted molar refractivity (Wildman–Crippen MR) is 68.2 cm³/mol. The number of epoxide rings is 1. The lowest BCUT2D eigenvalue weighted by atomic mass is 9.52. The van der Waals surface area contributed by atoms with Gasteiger partial charge >= 0.3 is 11.9 Å². The molecule has 5 rings (SSSR count). The van der Waals surface area contributed by atoms with Crippen LogP contribution in [0.25, 0.3) is 0 Å². The lowest BCUT2D eigenvalue weighted by Crippen LogP contribution is -2.69. The highest BCUT2D eigenvalue weighted by Crippen LogP contribution is 2.73. The fourth-order valence-corrected chi connectivity index (χ4v) is 5.78. The quantitative estimate of drug-likeness (QED) is 0.472. The molecule has 0 unspecified atom stereocenters. The van der Waals surface area contributed by atoms with Crippen molar-refractivity contribution in [3.05, 3.63) is 0 Å². The molecule has 7 nitrogen and oxygen atoms in total. The normalized spacial score (nSPS) is 60.7. The highest BCUT2D eigenvalue weighted by atomic mass is 16.6. The van der Waals surface area contributed by atoms with Gasteiger partial charge in [0.05, 0.1) is 22.9 Å². The molecule has 2 bridgehead atoms. The monoisotopic (exact) mass is 310 g/mol. The van der Waals surface area contributed by atoms with Crippen LogP contribution in [0.15, 0.2) is 0 Å². The zero-order chi connectivity index (χ0) is 15.8. The molecule has 5 fully saturated rings. The van der Waals surface area contributed by atoms with Gasteiger partial charge < -0.3 is 24.4 Å². The summed E-state index contributed by atoms with van der Waals surface area (Å²) in [5.41, 5.74) is -3.72. The van der Waals surface area contributed by atoms with E-state index in [2.05, 4.69) is 0 Å². The Bertz CT molecular complexity index is 624. The Hall–Kier alpha value is -1.18. The van der Waals surface area contributed by atoms with Gasteiger partial charge in [-0.3, -0.25) is 9.59 Å². The largest absolute Gasteiger partial charge is 0.458 e. The molecule has 2 aliphatic carbocycles. The number of fused-ring (bicyclic) bond motifs is 7. The van der Waals surface area contributed by atoms with Gasteiger partial charge in [0.1, 0.15) is 30.0 Å². The van der Waals surface area contributed by atoms with Crippen molar-refractivity contribution in [3.63, 3.8) is 0 Å². The molecule has 3 aliphatic heterocycles. The molecule has 2 N–H and O–H groups in total. The Morgan fingerprint density at radius 2 is 1.68 bits per heavy atom. The SMILES string of the molecule is CC(C)(O)[C@H]1[C@H]2OC(=O)[C@@H]1[C@@]1(O)[C@H]3O[C@H]3[C@@H]3C(=O)O[C@H]2[C@@]31C. The molecule has 0 radical (unpaired) electrons. The Labute approximate surface area is 126 Å². The van der Waals surface area contributed by atoms with Crippen LogP contribution < -0.4 is 0 Å². The Morgan fingerprint density at radius 1 is 1.05 bits per heavy atom. The van der Waals surface area contributed by atoms with Gasteiger partial charge in [-0.2, -0.15) is 0 Å². The molecule has 0 amide bonds. The summed E-state index contributed by atoms with van der Waals surface area (Å²) in [5, 5.41) is 22.0. The van der Waals surface area contributed by atoms with Gasteiger partial charge in [-0.15, -0.1) is 0 Å². The summed E-state index contributed by atoms with van der Waals surface area (Å²) in [5.74, 6) is -3.07. The molecule has 0 aromatic carbocycles. The maximum absolute atomic E-state index is 12.4. The first-order chi connectivity index (χ1) is 10.1. The van der Waals surface area contributed by atoms with Crippen LogP contribution in [0.5, 0.6) is 0 Å². The number of esters is 2. The zero-order valence-electron chi connectivity index (χ0n) is 12.5. The third kappa shape index (κ3) is 1.04. The second-order valence-corrected chi connectivity index (χ2v) is 8.02. The van der Waals surface area contributed by atoms with E-state index in [1.165, 1.54) is 0 Å². The lowest BCUT2D eigenvalue weighted by Gasteiger charge is -2.53. The predicted octanol–water partition coefficient (Wildman–Crippen LogP) is -1.01. The number of carbonyl (C=O) groups is 2. The van der Waals surface area contributed by atoms with Crippen molar-refractivity contribution >= 4 is 11.9 Å². The maximum Gasteiger partial charge on any atom is 0.312 e. The van der Waals surface area contributed by atoms with Crippen molar-refractivity contribution in [1.82, 2.24) is 0 Å². The van der Waals surface area contributed by atoms with Crippen molar-refractivity contribution in [2.24, 2.45) is 23.2 Å². The second-order valence-electron chi connectivity index (χ2n) is 8.02. The van der Waals surface area contributed by atoms with Crippen molar-refractivity contribution in [3.8, 4) is 0 Å². The minimum Gasteiger partial charge on any atom is -0.458 e. The van der Waals surface area contributed by atoms with E-state index in [4.69, 9.17) is 14.2 Å². The summed E-state index contributed by atoms with van der Waals surface area (Å²) in [6.45, 7) is 4.95. The fraction of sp³-hybridized carbons (Fsp3) is 0.867. The molecule has 2 saturated carbocycles. The van der Waals surface area contributed by atoms with Crippen LogP contribution in [-0.2, 0) is 23.8 Å². The summed E-state index contributed by atoms with van der Waals surface area (Å²) < 4.78 is 16.5. The summed E-state index contributed by atoms with van der Waals surface area (Å²) in [4.78, 5) is 24.7. The van der Waals surface area contributed by atoms with Crippen molar-refractivity contribution in [1.29, 1.82) is 0 Å². The molecule has 3 saturated heterocycles. The fourth-order valence-electron chi connectivity index (χ4n) is 5.78. The molecule has 22 heavy (non-hydrogen) atoms. The minimum atomic E-state index is -1.55. The standard InChI is InChI=1S/C15H18O7/c1-13(2,18)4-5-11(16)21-7(4)9-14(3)6(12(17)22-9)8-10(20-8)15(5,14)19/h4-10,18-19H,1-3H3/t4-,5-,6-,7-,8+,9-,10+,14-,15-/m1/s1. The van der Waals surface area contributed by atoms with Gasteiger partial charge in [0.15, 0.2) is 0 Å². The smallest absolute Gasteiger partial charge is 0.312 e. The van der Waals surface area contributed by atoms with Gasteiger partial charge in [0, 0.05) is 5.92 Å². The van der Waals surface area contributed by atoms with Crippen LogP contribution >= 0.6 is 0 Å². The van der Waals surface area contributed by atoms with Crippen LogP contribution in [0.2, 0.25) is 0 Å². The average Bonchev–Trinajstić information content (AvgIpc) is 2.96. The lowest BCUT2D eigenvalue weighted by molar-refractivity contribution is -0.225. The zero-order valence-corrected chi connectivity index (χ0v) is 12.5. The van der Waals surface area contributed by atoms with E-state index in [1.54, 1.807) is 20.8 Å². The van der Waals surface area contributed by atoms with E-state index < -0.39 is 70.7 Å². The highest BCUT2D eigenvalue weighted by Gasteiger charge is 2.91.